The number of hydrogen-bond acceptors (Lipinski definition) is 6. The number of piperidine rings is 1. The lowest BCUT2D eigenvalue weighted by Gasteiger charge is -2.20. The Morgan fingerprint density at radius 1 is 1.08 bits per heavy atom. The maximum Gasteiger partial charge on any atom is 0.151 e. The lowest BCUT2D eigenvalue weighted by atomic mass is 10.0. The van der Waals surface area contributed by atoms with Crippen LogP contribution in [-0.2, 0) is 0 Å². The van der Waals surface area contributed by atoms with E-state index in [0.717, 1.165) is 41.9 Å². The fraction of sp³-hybridized carbons (Fsp3) is 0.316. The highest BCUT2D eigenvalue weighted by Crippen LogP contribution is 2.46. The molecule has 1 saturated carbocycles. The minimum absolute atomic E-state index is 0.182. The minimum Gasteiger partial charge on any atom is -0.507 e. The molecule has 1 aliphatic carbocycles. The van der Waals surface area contributed by atoms with Crippen molar-refractivity contribution in [3.05, 3.63) is 42.7 Å². The number of aromatic hydroxyl groups is 1. The average Bonchev–Trinajstić information content (AvgIpc) is 3.07. The molecule has 2 fully saturated rings. The Balaban J connectivity index is 1.37. The fourth-order valence-corrected chi connectivity index (χ4v) is 4.11. The Morgan fingerprint density at radius 3 is 2.58 bits per heavy atom. The van der Waals surface area contributed by atoms with E-state index in [9.17, 15) is 5.11 Å². The second-order valence-electron chi connectivity index (χ2n) is 7.08. The molecular weight excluding hydrogens is 328 g/mol. The quantitative estimate of drug-likeness (QED) is 0.667. The van der Waals surface area contributed by atoms with Gasteiger partial charge in [0.1, 0.15) is 5.75 Å². The fourth-order valence-electron chi connectivity index (χ4n) is 4.11. The van der Waals surface area contributed by atoms with Gasteiger partial charge in [0, 0.05) is 43.5 Å². The van der Waals surface area contributed by atoms with Crippen molar-refractivity contribution in [2.24, 2.45) is 11.8 Å². The van der Waals surface area contributed by atoms with Crippen LogP contribution in [0.15, 0.2) is 42.7 Å². The monoisotopic (exact) mass is 348 g/mol. The summed E-state index contributed by atoms with van der Waals surface area (Å²) in [5.74, 6) is 2.53. The van der Waals surface area contributed by atoms with Gasteiger partial charge in [-0.15, -0.1) is 10.2 Å². The van der Waals surface area contributed by atoms with Crippen molar-refractivity contribution in [2.45, 2.75) is 6.04 Å². The van der Waals surface area contributed by atoms with Crippen LogP contribution in [0.4, 0.5) is 5.82 Å². The molecule has 3 N–H and O–H groups in total. The molecule has 0 bridgehead atoms. The molecule has 26 heavy (non-hydrogen) atoms. The van der Waals surface area contributed by atoms with Crippen LogP contribution in [0.25, 0.3) is 22.4 Å². The van der Waals surface area contributed by atoms with E-state index in [0.29, 0.717) is 17.3 Å². The van der Waals surface area contributed by atoms with E-state index in [2.05, 4.69) is 37.7 Å². The summed E-state index contributed by atoms with van der Waals surface area (Å²) in [5.41, 5.74) is 3.17. The zero-order chi connectivity index (χ0) is 17.7. The summed E-state index contributed by atoms with van der Waals surface area (Å²) in [6.07, 6.45) is 3.52. The van der Waals surface area contributed by atoms with E-state index in [1.54, 1.807) is 18.5 Å². The first-order chi connectivity index (χ1) is 12.7. The first-order valence-corrected chi connectivity index (χ1v) is 8.82. The van der Waals surface area contributed by atoms with Gasteiger partial charge in [0.05, 0.1) is 11.9 Å². The second-order valence-corrected chi connectivity index (χ2v) is 7.08. The molecule has 1 aromatic carbocycles. The molecule has 0 radical (unpaired) electrons. The third kappa shape index (κ3) is 2.43. The molecule has 0 amide bonds. The molecule has 7 nitrogen and oxygen atoms in total. The highest BCUT2D eigenvalue weighted by molar-refractivity contribution is 5.73. The van der Waals surface area contributed by atoms with E-state index in [4.69, 9.17) is 0 Å². The molecule has 2 aliphatic rings. The molecule has 3 heterocycles. The zero-order valence-electron chi connectivity index (χ0n) is 14.4. The van der Waals surface area contributed by atoms with Crippen molar-refractivity contribution in [1.29, 1.82) is 0 Å². The summed E-state index contributed by atoms with van der Waals surface area (Å²) < 4.78 is 0. The largest absolute Gasteiger partial charge is 0.507 e. The molecule has 3 aromatic rings. The van der Waals surface area contributed by atoms with Crippen molar-refractivity contribution >= 4 is 5.82 Å². The summed E-state index contributed by atoms with van der Waals surface area (Å²) in [6.45, 7) is 2.20. The Kier molecular flexibility index (Phi) is 3.43. The van der Waals surface area contributed by atoms with Crippen LogP contribution < -0.4 is 10.2 Å². The van der Waals surface area contributed by atoms with Gasteiger partial charge in [-0.05, 0) is 41.7 Å². The van der Waals surface area contributed by atoms with Crippen molar-refractivity contribution < 1.29 is 5.11 Å². The van der Waals surface area contributed by atoms with Crippen LogP contribution >= 0.6 is 0 Å². The van der Waals surface area contributed by atoms with Crippen LogP contribution in [0.5, 0.6) is 5.75 Å². The van der Waals surface area contributed by atoms with Crippen LogP contribution in [0, 0.1) is 11.8 Å². The molecule has 7 heteroatoms. The highest BCUT2D eigenvalue weighted by Gasteiger charge is 2.55. The molecular formula is C19H20N6O. The highest BCUT2D eigenvalue weighted by atomic mass is 16.3. The SMILES string of the molecule is CN(c1ccc(-c2ccc(-c3cn[nH]c3)cc2O)nn1)[C@@H]1[C@@H]2CNC[C@@H]21. The van der Waals surface area contributed by atoms with E-state index in [-0.39, 0.29) is 5.75 Å². The van der Waals surface area contributed by atoms with Crippen molar-refractivity contribution in [3.8, 4) is 28.1 Å². The van der Waals surface area contributed by atoms with Gasteiger partial charge in [-0.1, -0.05) is 6.07 Å². The molecule has 0 spiro atoms. The molecule has 5 rings (SSSR count). The molecule has 3 atom stereocenters. The number of phenolic OH excluding ortho intramolecular Hbond substituents is 1. The van der Waals surface area contributed by atoms with Crippen LogP contribution in [0.2, 0.25) is 0 Å². The van der Waals surface area contributed by atoms with E-state index < -0.39 is 0 Å². The topological polar surface area (TPSA) is 90.0 Å². The zero-order valence-corrected chi connectivity index (χ0v) is 14.4. The van der Waals surface area contributed by atoms with Gasteiger partial charge in [-0.3, -0.25) is 5.10 Å². The molecule has 0 unspecified atom stereocenters. The number of aromatic nitrogens is 4. The van der Waals surface area contributed by atoms with E-state index in [1.807, 2.05) is 24.3 Å². The second kappa shape index (κ2) is 5.81. The van der Waals surface area contributed by atoms with Crippen LogP contribution in [0.1, 0.15) is 0 Å². The Bertz CT molecular complexity index is 914. The molecule has 1 saturated heterocycles. The number of benzene rings is 1. The number of H-pyrrole nitrogens is 1. The molecule has 1 aliphatic heterocycles. The standard InChI is InChI=1S/C19H20N6O/c1-25(19-14-9-20-10-15(14)19)18-5-4-16(23-24-18)13-3-2-11(6-17(13)26)12-7-21-22-8-12/h2-8,14-15,19-20,26H,9-10H2,1H3,(H,21,22)/t14-,15+,19-. The number of aromatic amines is 1. The molecule has 2 aromatic heterocycles. The van der Waals surface area contributed by atoms with Gasteiger partial charge in [0.2, 0.25) is 0 Å². The third-order valence-electron chi connectivity index (χ3n) is 5.61. The number of rotatable bonds is 4. The lowest BCUT2D eigenvalue weighted by Crippen LogP contribution is -2.30. The maximum atomic E-state index is 10.4. The Hall–Kier alpha value is -2.93. The van der Waals surface area contributed by atoms with Gasteiger partial charge in [0.15, 0.2) is 5.82 Å². The molecule has 132 valence electrons. The summed E-state index contributed by atoms with van der Waals surface area (Å²) >= 11 is 0. The van der Waals surface area contributed by atoms with Gasteiger partial charge in [-0.25, -0.2) is 0 Å². The number of nitrogens with zero attached hydrogens (tertiary/aromatic N) is 4. The number of anilines is 1. The van der Waals surface area contributed by atoms with E-state index in [1.165, 1.54) is 0 Å². The predicted molar refractivity (Wildman–Crippen MR) is 98.8 cm³/mol. The van der Waals surface area contributed by atoms with Crippen molar-refractivity contribution in [3.63, 3.8) is 0 Å². The summed E-state index contributed by atoms with van der Waals surface area (Å²) in [5, 5.41) is 29.3. The normalized spacial score (nSPS) is 23.7. The average molecular weight is 348 g/mol. The number of phenols is 1. The lowest BCUT2D eigenvalue weighted by molar-refractivity contribution is 0.477. The first kappa shape index (κ1) is 15.3. The van der Waals surface area contributed by atoms with Crippen molar-refractivity contribution in [2.75, 3.05) is 25.0 Å². The summed E-state index contributed by atoms with van der Waals surface area (Å²) in [4.78, 5) is 2.23. The van der Waals surface area contributed by atoms with Crippen LogP contribution in [0.3, 0.4) is 0 Å². The summed E-state index contributed by atoms with van der Waals surface area (Å²) in [7, 11) is 2.09. The van der Waals surface area contributed by atoms with Gasteiger partial charge in [0.25, 0.3) is 0 Å². The number of nitrogens with one attached hydrogen (secondary N) is 2. The summed E-state index contributed by atoms with van der Waals surface area (Å²) in [6, 6.07) is 10.00. The van der Waals surface area contributed by atoms with E-state index >= 15 is 0 Å². The predicted octanol–water partition coefficient (Wildman–Crippen LogP) is 1.89. The number of fused-ring (bicyclic) bond motifs is 1. The minimum atomic E-state index is 0.182. The van der Waals surface area contributed by atoms with Gasteiger partial charge >= 0.3 is 0 Å². The van der Waals surface area contributed by atoms with Crippen LogP contribution in [-0.4, -0.2) is 51.7 Å². The smallest absolute Gasteiger partial charge is 0.151 e. The number of hydrogen-bond donors (Lipinski definition) is 3. The third-order valence-corrected chi connectivity index (χ3v) is 5.61. The van der Waals surface area contributed by atoms with Crippen molar-refractivity contribution in [1.82, 2.24) is 25.7 Å². The Labute approximate surface area is 151 Å². The van der Waals surface area contributed by atoms with Gasteiger partial charge < -0.3 is 15.3 Å². The van der Waals surface area contributed by atoms with Gasteiger partial charge in [-0.2, -0.15) is 5.10 Å². The Morgan fingerprint density at radius 2 is 1.92 bits per heavy atom. The first-order valence-electron chi connectivity index (χ1n) is 8.82. The maximum absolute atomic E-state index is 10.4.